The van der Waals surface area contributed by atoms with E-state index >= 15 is 0 Å². The zero-order chi connectivity index (χ0) is 16.2. The fourth-order valence-electron chi connectivity index (χ4n) is 5.21. The Hall–Kier alpha value is 0.975. The Morgan fingerprint density at radius 2 is 1.25 bits per heavy atom. The van der Waals surface area contributed by atoms with E-state index in [0.717, 1.165) is 18.3 Å². The van der Waals surface area contributed by atoms with Crippen LogP contribution < -0.4 is 0 Å². The second-order valence-electron chi connectivity index (χ2n) is 8.41. The molecule has 0 heterocycles. The van der Waals surface area contributed by atoms with E-state index in [-0.39, 0.29) is 17.0 Å². The van der Waals surface area contributed by atoms with E-state index in [4.69, 9.17) is 0 Å². The van der Waals surface area contributed by atoms with E-state index in [9.17, 15) is 0 Å². The summed E-state index contributed by atoms with van der Waals surface area (Å²) < 4.78 is 0. The van der Waals surface area contributed by atoms with Gasteiger partial charge in [0, 0.05) is 0 Å². The first kappa shape index (κ1) is 23.0. The maximum absolute atomic E-state index is 2.32. The molecule has 2 saturated carbocycles. The third-order valence-electron chi connectivity index (χ3n) is 6.61. The van der Waals surface area contributed by atoms with Crippen LogP contribution in [0.2, 0.25) is 18.0 Å². The highest BCUT2D eigenvalue weighted by Gasteiger charge is 2.33. The van der Waals surface area contributed by atoms with Crippen LogP contribution in [0.1, 0.15) is 103 Å². The van der Waals surface area contributed by atoms with Gasteiger partial charge in [0.25, 0.3) is 0 Å². The molecule has 0 aromatic heterocycles. The first-order chi connectivity index (χ1) is 11.4. The predicted octanol–water partition coefficient (Wildman–Crippen LogP) is 8.38. The Labute approximate surface area is 165 Å². The second kappa shape index (κ2) is 15.1. The topological polar surface area (TPSA) is 0 Å². The highest BCUT2D eigenvalue weighted by molar-refractivity contribution is 8.93. The van der Waals surface area contributed by atoms with Crippen molar-refractivity contribution >= 4 is 32.3 Å². The van der Waals surface area contributed by atoms with Crippen molar-refractivity contribution in [3.05, 3.63) is 0 Å². The van der Waals surface area contributed by atoms with Crippen LogP contribution >= 0.6 is 25.6 Å². The van der Waals surface area contributed by atoms with Crippen molar-refractivity contribution in [2.75, 3.05) is 12.3 Å². The lowest BCUT2D eigenvalue weighted by Crippen LogP contribution is -2.30. The van der Waals surface area contributed by atoms with Crippen molar-refractivity contribution in [3.8, 4) is 0 Å². The van der Waals surface area contributed by atoms with Gasteiger partial charge in [-0.2, -0.15) is 0 Å². The van der Waals surface area contributed by atoms with Crippen LogP contribution in [-0.4, -0.2) is 19.0 Å². The molecule has 0 radical (unpaired) electrons. The van der Waals surface area contributed by atoms with Crippen LogP contribution in [0, 0.1) is 0 Å². The number of hydrogen-bond donors (Lipinski definition) is 0. The molecular weight excluding hydrogens is 374 g/mol. The summed E-state index contributed by atoms with van der Waals surface area (Å²) >= 11 is 0. The monoisotopic (exact) mass is 416 g/mol. The van der Waals surface area contributed by atoms with Gasteiger partial charge in [-0.25, -0.2) is 0 Å². The van der Waals surface area contributed by atoms with E-state index in [1.54, 1.807) is 32.0 Å². The highest BCUT2D eigenvalue weighted by Crippen LogP contribution is 2.43. The summed E-state index contributed by atoms with van der Waals surface area (Å²) in [7, 11) is 1.25. The number of rotatable bonds is 11. The number of unbranched alkanes of at least 4 members (excludes halogenated alkanes) is 3. The molecule has 1 atom stereocenters. The number of hydrogen-bond acceptors (Lipinski definition) is 0. The zero-order valence-electron chi connectivity index (χ0n) is 16.4. The van der Waals surface area contributed by atoms with Crippen LogP contribution in [0.15, 0.2) is 0 Å². The third kappa shape index (κ3) is 9.07. The van der Waals surface area contributed by atoms with Gasteiger partial charge in [0.2, 0.25) is 0 Å². The Morgan fingerprint density at radius 3 is 1.79 bits per heavy atom. The molecule has 1 unspecified atom stereocenters. The van der Waals surface area contributed by atoms with Crippen molar-refractivity contribution in [1.82, 2.24) is 0 Å². The summed E-state index contributed by atoms with van der Waals surface area (Å²) in [5.41, 5.74) is 0. The van der Waals surface area contributed by atoms with Gasteiger partial charge in [-0.1, -0.05) is 108 Å². The Balaban J connectivity index is 0.00000288. The molecule has 0 spiro atoms. The van der Waals surface area contributed by atoms with Crippen LogP contribution in [0.5, 0.6) is 0 Å². The molecule has 3 heteroatoms. The largest absolute Gasteiger partial charge is 0.146 e. The molecule has 0 aliphatic heterocycles. The van der Waals surface area contributed by atoms with Crippen LogP contribution in [-0.2, 0) is 0 Å². The van der Waals surface area contributed by atoms with Crippen molar-refractivity contribution in [2.45, 2.75) is 121 Å². The lowest BCUT2D eigenvalue weighted by molar-refractivity contribution is 0.459. The molecule has 142 valence electrons. The molecule has 0 amide bonds. The van der Waals surface area contributed by atoms with Crippen LogP contribution in [0.3, 0.4) is 0 Å². The molecule has 0 saturated heterocycles. The van der Waals surface area contributed by atoms with Gasteiger partial charge >= 0.3 is 0 Å². The van der Waals surface area contributed by atoms with Crippen molar-refractivity contribution in [3.63, 3.8) is 0 Å². The summed E-state index contributed by atoms with van der Waals surface area (Å²) in [5, 5.41) is 0. The Morgan fingerprint density at radius 1 is 0.708 bits per heavy atom. The zero-order valence-corrected chi connectivity index (χ0v) is 19.1. The van der Waals surface area contributed by atoms with Gasteiger partial charge in [-0.15, -0.1) is 25.6 Å². The van der Waals surface area contributed by atoms with E-state index in [1.165, 1.54) is 91.5 Å². The Kier molecular flexibility index (Phi) is 14.5. The van der Waals surface area contributed by atoms with Gasteiger partial charge < -0.3 is 0 Å². The Bertz CT molecular complexity index is 257. The summed E-state index contributed by atoms with van der Waals surface area (Å²) in [4.78, 5) is 0. The molecule has 2 aliphatic carbocycles. The van der Waals surface area contributed by atoms with Gasteiger partial charge in [0.15, 0.2) is 0 Å². The summed E-state index contributed by atoms with van der Waals surface area (Å²) in [5.74, 6) is 2.22. The fourth-order valence-corrected chi connectivity index (χ4v) is 6.57. The highest BCUT2D eigenvalue weighted by atomic mass is 79.9. The summed E-state index contributed by atoms with van der Waals surface area (Å²) in [6.07, 6.45) is 27.5. The van der Waals surface area contributed by atoms with E-state index in [2.05, 4.69) is 6.92 Å². The minimum Gasteiger partial charge on any atom is -0.122 e. The molecule has 24 heavy (non-hydrogen) atoms. The maximum Gasteiger partial charge on any atom is 0.146 e. The van der Waals surface area contributed by atoms with Gasteiger partial charge in [-0.3, -0.25) is 0 Å². The standard InChI is InChI=1S/C21H42BP.BrH/c1-2-3-18-23-19-12-6-11-17-22(20-13-7-4-8-14-20)21-15-9-5-10-16-21;/h20-21,23H,2-19H2,1H3;1H. The molecule has 0 N–H and O–H groups in total. The molecule has 0 aromatic rings. The van der Waals surface area contributed by atoms with E-state index in [0.29, 0.717) is 0 Å². The summed E-state index contributed by atoms with van der Waals surface area (Å²) in [6.45, 7) is 3.43. The second-order valence-corrected chi connectivity index (χ2v) is 9.91. The van der Waals surface area contributed by atoms with Gasteiger partial charge in [-0.05, 0) is 25.2 Å². The van der Waals surface area contributed by atoms with Gasteiger partial charge in [0.05, 0.1) is 0 Å². The lowest BCUT2D eigenvalue weighted by atomic mass is 9.28. The van der Waals surface area contributed by atoms with E-state index in [1.807, 2.05) is 0 Å². The quantitative estimate of drug-likeness (QED) is 0.180. The average Bonchev–Trinajstić information content (AvgIpc) is 2.62. The average molecular weight is 417 g/mol. The molecule has 0 nitrogen and oxygen atoms in total. The number of halogens is 1. The smallest absolute Gasteiger partial charge is 0.122 e. The fraction of sp³-hybridized carbons (Fsp3) is 1.00. The van der Waals surface area contributed by atoms with E-state index < -0.39 is 0 Å². The van der Waals surface area contributed by atoms with Crippen molar-refractivity contribution in [2.24, 2.45) is 0 Å². The first-order valence-electron chi connectivity index (χ1n) is 11.1. The summed E-state index contributed by atoms with van der Waals surface area (Å²) in [6, 6.07) is 0. The predicted molar refractivity (Wildman–Crippen MR) is 121 cm³/mol. The minimum absolute atomic E-state index is 0. The lowest BCUT2D eigenvalue weighted by Gasteiger charge is -2.35. The van der Waals surface area contributed by atoms with Crippen molar-refractivity contribution < 1.29 is 0 Å². The minimum atomic E-state index is 0. The first-order valence-corrected chi connectivity index (χ1v) is 12.5. The molecule has 0 aromatic carbocycles. The molecular formula is C21H43BBrP. The molecule has 2 fully saturated rings. The van der Waals surface area contributed by atoms with Gasteiger partial charge in [0.1, 0.15) is 6.71 Å². The van der Waals surface area contributed by atoms with Crippen molar-refractivity contribution in [1.29, 1.82) is 0 Å². The normalized spacial score (nSPS) is 20.4. The maximum atomic E-state index is 2.32. The van der Waals surface area contributed by atoms with Crippen LogP contribution in [0.25, 0.3) is 0 Å². The third-order valence-corrected chi connectivity index (χ3v) is 8.02. The molecule has 0 bridgehead atoms. The molecule has 2 rings (SSSR count). The molecule has 2 aliphatic rings. The van der Waals surface area contributed by atoms with Crippen LogP contribution in [0.4, 0.5) is 0 Å². The SMILES string of the molecule is Br.CCCCPCCCCCB(C1CCCCC1)C1CCCCC1.